The molecule has 0 atom stereocenters. The van der Waals surface area contributed by atoms with Gasteiger partial charge in [-0.3, -0.25) is 0 Å². The fraction of sp³-hybridized carbons (Fsp3) is 1.00. The van der Waals surface area contributed by atoms with Gasteiger partial charge in [0.05, 0.1) is 23.6 Å². The molecule has 0 aromatic carbocycles. The highest BCUT2D eigenvalue weighted by molar-refractivity contribution is 8.21. The summed E-state index contributed by atoms with van der Waals surface area (Å²) >= 11 is 9.70. The van der Waals surface area contributed by atoms with E-state index in [1.807, 2.05) is 0 Å². The largest absolute Gasteiger partial charge is 0.148 e. The first-order valence-corrected chi connectivity index (χ1v) is 26.2. The predicted octanol–water partition coefficient (Wildman–Crippen LogP) is 12.1. The van der Waals surface area contributed by atoms with Crippen LogP contribution >= 0.6 is 47.0 Å². The summed E-state index contributed by atoms with van der Waals surface area (Å²) in [6.07, 6.45) is 23.3. The minimum atomic E-state index is -1.35. The second-order valence-electron chi connectivity index (χ2n) is 12.9. The Kier molecular flexibility index (Phi) is 16.6. The van der Waals surface area contributed by atoms with E-state index in [4.69, 9.17) is 0 Å². The van der Waals surface area contributed by atoms with Crippen LogP contribution in [0, 0.1) is 0 Å². The maximum atomic E-state index is 2.81. The van der Waals surface area contributed by atoms with Crippen molar-refractivity contribution in [2.75, 3.05) is 23.0 Å². The normalized spacial score (nSPS) is 20.5. The van der Waals surface area contributed by atoms with Crippen LogP contribution in [0.5, 0.6) is 0 Å². The Morgan fingerprint density at radius 3 is 1.11 bits per heavy atom. The van der Waals surface area contributed by atoms with Gasteiger partial charge in [0, 0.05) is 0 Å². The molecule has 0 N–H and O–H groups in total. The van der Waals surface area contributed by atoms with Crippen LogP contribution in [0.3, 0.4) is 0 Å². The molecule has 6 heteroatoms. The molecule has 2 fully saturated rings. The smallest absolute Gasteiger partial charge is 0.0779 e. The fourth-order valence-electron chi connectivity index (χ4n) is 6.18. The Hall–Kier alpha value is 1.83. The SMILES string of the molecule is CCCCCCCCC1([Si](C)(C)CC[Si](C)(C)C2(CCCCCCCC)SCCCS2)SCCCS1. The first-order chi connectivity index (χ1) is 17.2. The van der Waals surface area contributed by atoms with Crippen LogP contribution in [0.1, 0.15) is 117 Å². The second kappa shape index (κ2) is 17.6. The molecule has 0 aromatic rings. The maximum absolute atomic E-state index is 2.81. The Labute approximate surface area is 247 Å². The Balaban J connectivity index is 2.00. The van der Waals surface area contributed by atoms with Crippen molar-refractivity contribution in [1.29, 1.82) is 0 Å². The molecule has 0 bridgehead atoms. The lowest BCUT2D eigenvalue weighted by molar-refractivity contribution is 0.591. The highest BCUT2D eigenvalue weighted by atomic mass is 32.2. The monoisotopic (exact) mass is 606 g/mol. The molecule has 2 saturated heterocycles. The van der Waals surface area contributed by atoms with Gasteiger partial charge in [0.25, 0.3) is 0 Å². The highest BCUT2D eigenvalue weighted by Crippen LogP contribution is 2.56. The van der Waals surface area contributed by atoms with Crippen LogP contribution in [0.4, 0.5) is 0 Å². The van der Waals surface area contributed by atoms with E-state index in [0.29, 0.717) is 7.40 Å². The van der Waals surface area contributed by atoms with Gasteiger partial charge < -0.3 is 0 Å². The lowest BCUT2D eigenvalue weighted by atomic mass is 10.1. The number of hydrogen-bond acceptors (Lipinski definition) is 4. The third kappa shape index (κ3) is 10.3. The van der Waals surface area contributed by atoms with E-state index < -0.39 is 16.1 Å². The summed E-state index contributed by atoms with van der Waals surface area (Å²) in [5, 5.41) is 0. The maximum Gasteiger partial charge on any atom is 0.0779 e. The average Bonchev–Trinajstić information content (AvgIpc) is 2.88. The number of hydrogen-bond donors (Lipinski definition) is 0. The zero-order valence-electron chi connectivity index (χ0n) is 25.2. The van der Waals surface area contributed by atoms with E-state index in [0.717, 1.165) is 0 Å². The van der Waals surface area contributed by atoms with Gasteiger partial charge in [-0.25, -0.2) is 0 Å². The molecular weight excluding hydrogens is 545 g/mol. The molecule has 0 saturated carbocycles. The van der Waals surface area contributed by atoms with Crippen molar-refractivity contribution in [2.24, 2.45) is 0 Å². The van der Waals surface area contributed by atoms with Crippen LogP contribution in [-0.2, 0) is 0 Å². The van der Waals surface area contributed by atoms with Crippen LogP contribution in [0.15, 0.2) is 0 Å². The third-order valence-electron chi connectivity index (χ3n) is 9.07. The molecule has 0 spiro atoms. The van der Waals surface area contributed by atoms with Crippen molar-refractivity contribution in [3.63, 3.8) is 0 Å². The standard InChI is InChI=1S/C30H62S4Si2/c1-7-9-11-13-15-17-21-29(31-23-19-24-32-29)35(3,4)27-28-36(5,6)30(33-25-20-26-34-30)22-18-16-14-12-10-8-2/h7-28H2,1-6H3. The van der Waals surface area contributed by atoms with E-state index in [9.17, 15) is 0 Å². The average molecular weight is 607 g/mol. The first-order valence-electron chi connectivity index (χ1n) is 15.8. The summed E-state index contributed by atoms with van der Waals surface area (Å²) in [4.78, 5) is 0. The molecule has 2 rings (SSSR count). The molecule has 214 valence electrons. The molecule has 0 radical (unpaired) electrons. The van der Waals surface area contributed by atoms with Gasteiger partial charge in [0.15, 0.2) is 0 Å². The quantitative estimate of drug-likeness (QED) is 0.106. The fourth-order valence-corrected chi connectivity index (χ4v) is 28.0. The lowest BCUT2D eigenvalue weighted by Crippen LogP contribution is -2.55. The van der Waals surface area contributed by atoms with E-state index in [1.54, 1.807) is 12.1 Å². The van der Waals surface area contributed by atoms with Crippen LogP contribution in [0.25, 0.3) is 0 Å². The Morgan fingerprint density at radius 1 is 0.472 bits per heavy atom. The molecule has 0 amide bonds. The number of thioether (sulfide) groups is 4. The van der Waals surface area contributed by atoms with Crippen molar-refractivity contribution >= 4 is 63.2 Å². The van der Waals surface area contributed by atoms with E-state index in [1.165, 1.54) is 126 Å². The lowest BCUT2D eigenvalue weighted by Gasteiger charge is -2.51. The van der Waals surface area contributed by atoms with Crippen molar-refractivity contribution < 1.29 is 0 Å². The molecule has 0 unspecified atom stereocenters. The Morgan fingerprint density at radius 2 is 0.778 bits per heavy atom. The van der Waals surface area contributed by atoms with Gasteiger partial charge in [-0.2, -0.15) is 0 Å². The molecule has 2 aliphatic heterocycles. The summed E-state index contributed by atoms with van der Waals surface area (Å²) in [6, 6.07) is 3.17. The van der Waals surface area contributed by atoms with Gasteiger partial charge in [0.1, 0.15) is 0 Å². The van der Waals surface area contributed by atoms with Crippen LogP contribution in [-0.4, -0.2) is 46.6 Å². The topological polar surface area (TPSA) is 0 Å². The minimum absolute atomic E-state index is 0.597. The molecule has 0 aromatic heterocycles. The summed E-state index contributed by atoms with van der Waals surface area (Å²) in [5.74, 6) is 5.70. The predicted molar refractivity (Wildman–Crippen MR) is 185 cm³/mol. The molecule has 0 nitrogen and oxygen atoms in total. The zero-order valence-corrected chi connectivity index (χ0v) is 30.5. The minimum Gasteiger partial charge on any atom is -0.148 e. The van der Waals surface area contributed by atoms with E-state index in [-0.39, 0.29) is 0 Å². The van der Waals surface area contributed by atoms with Gasteiger partial charge in [-0.1, -0.05) is 129 Å². The van der Waals surface area contributed by atoms with Gasteiger partial charge in [-0.15, -0.1) is 47.0 Å². The van der Waals surface area contributed by atoms with Crippen LogP contribution < -0.4 is 0 Å². The number of rotatable bonds is 19. The van der Waals surface area contributed by atoms with Crippen molar-refractivity contribution in [1.82, 2.24) is 0 Å². The van der Waals surface area contributed by atoms with Crippen LogP contribution in [0.2, 0.25) is 38.3 Å². The number of unbranched alkanes of at least 4 members (excludes halogenated alkanes) is 10. The summed E-state index contributed by atoms with van der Waals surface area (Å²) in [7, 11) is -2.69. The molecule has 2 heterocycles. The third-order valence-corrected chi connectivity index (χ3v) is 31.6. The van der Waals surface area contributed by atoms with Gasteiger partial charge in [0.2, 0.25) is 0 Å². The van der Waals surface area contributed by atoms with Gasteiger partial charge >= 0.3 is 0 Å². The summed E-state index contributed by atoms with van der Waals surface area (Å²) in [5.41, 5.74) is 0. The molecular formula is C30H62S4Si2. The van der Waals surface area contributed by atoms with E-state index >= 15 is 0 Å². The first kappa shape index (κ1) is 34.0. The molecule has 2 aliphatic rings. The van der Waals surface area contributed by atoms with Crippen molar-refractivity contribution in [3.05, 3.63) is 0 Å². The Bertz CT molecular complexity index is 519. The van der Waals surface area contributed by atoms with Crippen molar-refractivity contribution in [2.45, 2.75) is 162 Å². The second-order valence-corrected chi connectivity index (χ2v) is 30.7. The summed E-state index contributed by atoms with van der Waals surface area (Å²) < 4.78 is 1.19. The molecule has 36 heavy (non-hydrogen) atoms. The van der Waals surface area contributed by atoms with E-state index in [2.05, 4.69) is 87.1 Å². The molecule has 0 aliphatic carbocycles. The summed E-state index contributed by atoms with van der Waals surface area (Å²) in [6.45, 7) is 15.9. The zero-order chi connectivity index (χ0) is 26.4. The highest BCUT2D eigenvalue weighted by Gasteiger charge is 2.52. The van der Waals surface area contributed by atoms with Crippen molar-refractivity contribution in [3.8, 4) is 0 Å². The van der Waals surface area contributed by atoms with Gasteiger partial charge in [-0.05, 0) is 48.7 Å².